The van der Waals surface area contributed by atoms with Crippen LogP contribution in [0.5, 0.6) is 0 Å². The number of Topliss-reactive ketones (excluding diaryl/α,β-unsaturated/α-hetero) is 2. The summed E-state index contributed by atoms with van der Waals surface area (Å²) in [6.45, 7) is 2.21. The number of rotatable bonds is 14. The van der Waals surface area contributed by atoms with Crippen LogP contribution < -0.4 is 0 Å². The molecule has 0 amide bonds. The standard InChI is InChI=1S/C16H28O4/c1-2-3-4-5-6-7-8-9-10-11-12-14(17)13-15(18)16(19)20/h2-13H2,1H3,(H,19,20). The number of carboxylic acids is 1. The number of carbonyl (C=O) groups excluding carboxylic acids is 2. The van der Waals surface area contributed by atoms with Crippen LogP contribution in [0.1, 0.15) is 84.0 Å². The van der Waals surface area contributed by atoms with Crippen LogP contribution in [-0.4, -0.2) is 22.6 Å². The van der Waals surface area contributed by atoms with E-state index in [0.29, 0.717) is 6.42 Å². The third kappa shape index (κ3) is 11.9. The van der Waals surface area contributed by atoms with E-state index in [1.807, 2.05) is 0 Å². The number of hydrogen-bond donors (Lipinski definition) is 1. The van der Waals surface area contributed by atoms with E-state index in [0.717, 1.165) is 19.3 Å². The second kappa shape index (κ2) is 12.8. The topological polar surface area (TPSA) is 71.4 Å². The highest BCUT2D eigenvalue weighted by Gasteiger charge is 2.15. The van der Waals surface area contributed by atoms with Crippen molar-refractivity contribution in [2.45, 2.75) is 84.0 Å². The van der Waals surface area contributed by atoms with Gasteiger partial charge < -0.3 is 5.11 Å². The molecule has 0 atom stereocenters. The Kier molecular flexibility index (Phi) is 12.1. The average Bonchev–Trinajstić information content (AvgIpc) is 2.40. The molecule has 1 N–H and O–H groups in total. The first-order valence-corrected chi connectivity index (χ1v) is 7.85. The van der Waals surface area contributed by atoms with Gasteiger partial charge in [0.15, 0.2) is 0 Å². The summed E-state index contributed by atoms with van der Waals surface area (Å²) in [6.07, 6.45) is 11.8. The summed E-state index contributed by atoms with van der Waals surface area (Å²) in [4.78, 5) is 32.4. The van der Waals surface area contributed by atoms with Crippen molar-refractivity contribution in [1.82, 2.24) is 0 Å². The first kappa shape index (κ1) is 18.8. The van der Waals surface area contributed by atoms with Crippen molar-refractivity contribution in [2.75, 3.05) is 0 Å². The van der Waals surface area contributed by atoms with Crippen molar-refractivity contribution in [2.24, 2.45) is 0 Å². The van der Waals surface area contributed by atoms with E-state index >= 15 is 0 Å². The second-order valence-corrected chi connectivity index (χ2v) is 5.38. The van der Waals surface area contributed by atoms with Crippen LogP contribution in [-0.2, 0) is 14.4 Å². The van der Waals surface area contributed by atoms with E-state index < -0.39 is 18.2 Å². The van der Waals surface area contributed by atoms with Crippen LogP contribution in [0.2, 0.25) is 0 Å². The molecule has 0 aromatic carbocycles. The highest BCUT2D eigenvalue weighted by molar-refractivity contribution is 6.36. The van der Waals surface area contributed by atoms with Gasteiger partial charge in [0.05, 0.1) is 6.42 Å². The summed E-state index contributed by atoms with van der Waals surface area (Å²) in [5.41, 5.74) is 0. The minimum Gasteiger partial charge on any atom is -0.475 e. The molecule has 0 saturated carbocycles. The van der Waals surface area contributed by atoms with E-state index in [-0.39, 0.29) is 5.78 Å². The Hall–Kier alpha value is -1.19. The highest BCUT2D eigenvalue weighted by Crippen LogP contribution is 2.11. The van der Waals surface area contributed by atoms with Crippen molar-refractivity contribution in [3.05, 3.63) is 0 Å². The third-order valence-corrected chi connectivity index (χ3v) is 3.41. The molecule has 0 aromatic heterocycles. The quantitative estimate of drug-likeness (QED) is 0.298. The van der Waals surface area contributed by atoms with Crippen LogP contribution in [0.15, 0.2) is 0 Å². The molecule has 0 aliphatic heterocycles. The Labute approximate surface area is 121 Å². The minimum absolute atomic E-state index is 0.253. The van der Waals surface area contributed by atoms with Gasteiger partial charge in [0.2, 0.25) is 5.78 Å². The lowest BCUT2D eigenvalue weighted by Crippen LogP contribution is -2.16. The minimum atomic E-state index is -1.51. The zero-order chi connectivity index (χ0) is 15.2. The van der Waals surface area contributed by atoms with Crippen LogP contribution in [0.3, 0.4) is 0 Å². The molecule has 0 heterocycles. The van der Waals surface area contributed by atoms with Gasteiger partial charge in [-0.2, -0.15) is 0 Å². The normalized spacial score (nSPS) is 10.4. The molecule has 0 bridgehead atoms. The van der Waals surface area contributed by atoms with Gasteiger partial charge in [-0.25, -0.2) is 4.79 Å². The lowest BCUT2D eigenvalue weighted by Gasteiger charge is -2.02. The molecule has 0 aliphatic rings. The number of hydrogen-bond acceptors (Lipinski definition) is 3. The number of aliphatic carboxylic acids is 1. The number of carbonyl (C=O) groups is 3. The summed E-state index contributed by atoms with van der Waals surface area (Å²) < 4.78 is 0. The molecule has 0 aliphatic carbocycles. The fraction of sp³-hybridized carbons (Fsp3) is 0.812. The van der Waals surface area contributed by atoms with Crippen LogP contribution in [0.4, 0.5) is 0 Å². The summed E-state index contributed by atoms with van der Waals surface area (Å²) in [5, 5.41) is 8.38. The molecule has 20 heavy (non-hydrogen) atoms. The number of unbranched alkanes of at least 4 members (excludes halogenated alkanes) is 9. The molecule has 4 heteroatoms. The summed E-state index contributed by atoms with van der Waals surface area (Å²) in [7, 11) is 0. The molecule has 0 spiro atoms. The SMILES string of the molecule is CCCCCCCCCCCCC(=O)CC(=O)C(=O)O. The van der Waals surface area contributed by atoms with E-state index in [1.54, 1.807) is 0 Å². The van der Waals surface area contributed by atoms with Crippen LogP contribution >= 0.6 is 0 Å². The maximum absolute atomic E-state index is 11.3. The first-order valence-electron chi connectivity index (χ1n) is 7.85. The van der Waals surface area contributed by atoms with Gasteiger partial charge in [0.1, 0.15) is 5.78 Å². The Bertz CT molecular complexity index is 297. The Morgan fingerprint density at radius 2 is 1.20 bits per heavy atom. The fourth-order valence-corrected chi connectivity index (χ4v) is 2.15. The molecule has 4 nitrogen and oxygen atoms in total. The molecule has 0 fully saturated rings. The monoisotopic (exact) mass is 284 g/mol. The Morgan fingerprint density at radius 1 is 0.750 bits per heavy atom. The summed E-state index contributed by atoms with van der Waals surface area (Å²) >= 11 is 0. The fourth-order valence-electron chi connectivity index (χ4n) is 2.15. The van der Waals surface area contributed by atoms with Crippen molar-refractivity contribution in [3.63, 3.8) is 0 Å². The predicted octanol–water partition coefficient (Wildman–Crippen LogP) is 3.91. The van der Waals surface area contributed by atoms with Gasteiger partial charge in [0.25, 0.3) is 0 Å². The molecule has 0 unspecified atom stereocenters. The van der Waals surface area contributed by atoms with Gasteiger partial charge in [0, 0.05) is 6.42 Å². The smallest absolute Gasteiger partial charge is 0.372 e. The average molecular weight is 284 g/mol. The number of ketones is 2. The Morgan fingerprint density at radius 3 is 1.65 bits per heavy atom. The van der Waals surface area contributed by atoms with Crippen molar-refractivity contribution >= 4 is 17.5 Å². The molecule has 116 valence electrons. The van der Waals surface area contributed by atoms with Crippen molar-refractivity contribution < 1.29 is 19.5 Å². The van der Waals surface area contributed by atoms with Crippen LogP contribution in [0, 0.1) is 0 Å². The maximum atomic E-state index is 11.3. The number of carboxylic acid groups (broad SMARTS) is 1. The van der Waals surface area contributed by atoms with Gasteiger partial charge in [-0.3, -0.25) is 9.59 Å². The molecule has 0 aromatic rings. The predicted molar refractivity (Wildman–Crippen MR) is 78.7 cm³/mol. The molecule has 0 rings (SSSR count). The van der Waals surface area contributed by atoms with Gasteiger partial charge in [-0.1, -0.05) is 64.7 Å². The largest absolute Gasteiger partial charge is 0.475 e. The van der Waals surface area contributed by atoms with E-state index in [9.17, 15) is 14.4 Å². The van der Waals surface area contributed by atoms with Gasteiger partial charge >= 0.3 is 5.97 Å². The maximum Gasteiger partial charge on any atom is 0.372 e. The molecule has 0 saturated heterocycles. The second-order valence-electron chi connectivity index (χ2n) is 5.38. The lowest BCUT2D eigenvalue weighted by atomic mass is 10.0. The van der Waals surface area contributed by atoms with E-state index in [2.05, 4.69) is 6.92 Å². The van der Waals surface area contributed by atoms with Crippen LogP contribution in [0.25, 0.3) is 0 Å². The zero-order valence-corrected chi connectivity index (χ0v) is 12.7. The van der Waals surface area contributed by atoms with Crippen molar-refractivity contribution in [1.29, 1.82) is 0 Å². The Balaban J connectivity index is 3.29. The zero-order valence-electron chi connectivity index (χ0n) is 12.7. The van der Waals surface area contributed by atoms with Gasteiger partial charge in [-0.05, 0) is 6.42 Å². The molecule has 0 radical (unpaired) electrons. The van der Waals surface area contributed by atoms with Gasteiger partial charge in [-0.15, -0.1) is 0 Å². The highest BCUT2D eigenvalue weighted by atomic mass is 16.4. The van der Waals surface area contributed by atoms with Crippen molar-refractivity contribution in [3.8, 4) is 0 Å². The summed E-state index contributed by atoms with van der Waals surface area (Å²) in [6, 6.07) is 0. The van der Waals surface area contributed by atoms with E-state index in [1.165, 1.54) is 44.9 Å². The molecular weight excluding hydrogens is 256 g/mol. The van der Waals surface area contributed by atoms with E-state index in [4.69, 9.17) is 5.11 Å². The molecular formula is C16H28O4. The summed E-state index contributed by atoms with van der Waals surface area (Å²) in [5.74, 6) is -2.76. The first-order chi connectivity index (χ1) is 9.57. The lowest BCUT2D eigenvalue weighted by molar-refractivity contribution is -0.150. The third-order valence-electron chi connectivity index (χ3n) is 3.41.